The second-order valence-corrected chi connectivity index (χ2v) is 11.3. The molecule has 1 N–H and O–H groups in total. The fourth-order valence-electron chi connectivity index (χ4n) is 5.30. The molecule has 0 radical (unpaired) electrons. The number of benzene rings is 1. The number of phenols is 1. The minimum absolute atomic E-state index is 0.0563. The number of amides is 2. The van der Waals surface area contributed by atoms with E-state index in [2.05, 4.69) is 19.9 Å². The van der Waals surface area contributed by atoms with Crippen LogP contribution in [0.2, 0.25) is 0 Å². The average Bonchev–Trinajstić information content (AvgIpc) is 3.14. The van der Waals surface area contributed by atoms with Crippen LogP contribution in [-0.2, 0) is 26.2 Å². The van der Waals surface area contributed by atoms with Gasteiger partial charge in [0.15, 0.2) is 0 Å². The number of hydrogen-bond donors (Lipinski definition) is 1. The summed E-state index contributed by atoms with van der Waals surface area (Å²) in [7, 11) is 6.18. The van der Waals surface area contributed by atoms with Crippen LogP contribution in [0.3, 0.4) is 0 Å². The van der Waals surface area contributed by atoms with Crippen molar-refractivity contribution in [3.05, 3.63) is 125 Å². The summed E-state index contributed by atoms with van der Waals surface area (Å²) in [6.45, 7) is 1.98. The summed E-state index contributed by atoms with van der Waals surface area (Å²) >= 11 is 0. The molecule has 13 nitrogen and oxygen atoms in total. The first kappa shape index (κ1) is 35.1. The Bertz CT molecular complexity index is 1740. The molecule has 0 bridgehead atoms. The van der Waals surface area contributed by atoms with Gasteiger partial charge in [-0.05, 0) is 48.9 Å². The molecule has 0 aliphatic heterocycles. The van der Waals surface area contributed by atoms with E-state index in [9.17, 15) is 14.7 Å². The van der Waals surface area contributed by atoms with E-state index >= 15 is 0 Å². The van der Waals surface area contributed by atoms with Crippen molar-refractivity contribution in [1.29, 1.82) is 0 Å². The highest BCUT2D eigenvalue weighted by molar-refractivity contribution is 6.04. The van der Waals surface area contributed by atoms with Crippen molar-refractivity contribution in [3.8, 4) is 28.7 Å². The van der Waals surface area contributed by atoms with Crippen LogP contribution >= 0.6 is 0 Å². The molecular formula is C37H38N6O7. The van der Waals surface area contributed by atoms with E-state index in [-0.39, 0.29) is 37.3 Å². The molecule has 50 heavy (non-hydrogen) atoms. The highest BCUT2D eigenvalue weighted by Gasteiger charge is 2.28. The summed E-state index contributed by atoms with van der Waals surface area (Å²) in [5.74, 6) is 0.757. The molecule has 0 aliphatic rings. The summed E-state index contributed by atoms with van der Waals surface area (Å²) in [5.41, 5.74) is 2.67. The van der Waals surface area contributed by atoms with E-state index in [0.29, 0.717) is 51.3 Å². The number of methoxy groups -OCH3 is 4. The molecule has 0 saturated carbocycles. The minimum Gasteiger partial charge on any atom is -0.506 e. The van der Waals surface area contributed by atoms with Gasteiger partial charge >= 0.3 is 0 Å². The first-order valence-electron chi connectivity index (χ1n) is 15.6. The second kappa shape index (κ2) is 16.2. The maximum absolute atomic E-state index is 14.4. The Morgan fingerprint density at radius 1 is 0.540 bits per heavy atom. The molecule has 5 rings (SSSR count). The zero-order valence-corrected chi connectivity index (χ0v) is 28.5. The lowest BCUT2D eigenvalue weighted by atomic mass is 10.0. The summed E-state index contributed by atoms with van der Waals surface area (Å²) in [6.07, 6.45) is 6.35. The molecule has 0 fully saturated rings. The van der Waals surface area contributed by atoms with Crippen molar-refractivity contribution in [1.82, 2.24) is 29.7 Å². The SMILES string of the molecule is COc1ccnc(CN(Cc2cc(OC)ccn2)C(=O)c2cc(C)cc(C(=O)N(Cc3cc(OC)ccn3)Cc3cc(OC)ccn3)c2O)c1. The van der Waals surface area contributed by atoms with Gasteiger partial charge in [-0.2, -0.15) is 0 Å². The van der Waals surface area contributed by atoms with Gasteiger partial charge in [-0.15, -0.1) is 0 Å². The van der Waals surface area contributed by atoms with Crippen LogP contribution in [0.4, 0.5) is 0 Å². The van der Waals surface area contributed by atoms with Crippen LogP contribution in [0.15, 0.2) is 85.5 Å². The van der Waals surface area contributed by atoms with Crippen molar-refractivity contribution in [2.45, 2.75) is 33.1 Å². The molecule has 0 atom stereocenters. The minimum atomic E-state index is -0.537. The summed E-state index contributed by atoms with van der Waals surface area (Å²) < 4.78 is 21.5. The Labute approximate surface area is 290 Å². The molecule has 0 unspecified atom stereocenters. The predicted octanol–water partition coefficient (Wildman–Crippen LogP) is 5.00. The van der Waals surface area contributed by atoms with Crippen LogP contribution in [-0.4, -0.2) is 75.1 Å². The van der Waals surface area contributed by atoms with Crippen LogP contribution in [0.1, 0.15) is 49.1 Å². The fourth-order valence-corrected chi connectivity index (χ4v) is 5.30. The highest BCUT2D eigenvalue weighted by Crippen LogP contribution is 2.30. The highest BCUT2D eigenvalue weighted by atomic mass is 16.5. The molecule has 13 heteroatoms. The van der Waals surface area contributed by atoms with Crippen LogP contribution < -0.4 is 18.9 Å². The third-order valence-electron chi connectivity index (χ3n) is 7.80. The van der Waals surface area contributed by atoms with Gasteiger partial charge in [-0.3, -0.25) is 29.5 Å². The molecule has 1 aromatic carbocycles. The lowest BCUT2D eigenvalue weighted by Crippen LogP contribution is -2.33. The number of ether oxygens (including phenoxy) is 4. The first-order chi connectivity index (χ1) is 24.2. The smallest absolute Gasteiger partial charge is 0.258 e. The third-order valence-corrected chi connectivity index (χ3v) is 7.80. The van der Waals surface area contributed by atoms with Crippen molar-refractivity contribution in [3.63, 3.8) is 0 Å². The molecule has 0 saturated heterocycles. The fraction of sp³-hybridized carbons (Fsp3) is 0.243. The van der Waals surface area contributed by atoms with Crippen LogP contribution in [0.5, 0.6) is 28.7 Å². The Hall–Kier alpha value is -6.24. The molecule has 0 spiro atoms. The molecule has 258 valence electrons. The molecule has 0 aliphatic carbocycles. The van der Waals surface area contributed by atoms with Crippen LogP contribution in [0, 0.1) is 6.92 Å². The third kappa shape index (κ3) is 8.61. The van der Waals surface area contributed by atoms with E-state index in [1.54, 1.807) is 121 Å². The van der Waals surface area contributed by atoms with Gasteiger partial charge in [0.25, 0.3) is 11.8 Å². The standard InChI is InChI=1S/C37H38N6O7/c1-24-14-33(36(45)42(20-25-16-29(47-2)6-10-38-25)21-26-17-30(48-3)7-11-39-26)35(44)34(15-24)37(46)43(22-27-18-31(49-4)8-12-40-27)23-28-19-32(50-5)9-13-41-28/h6-19,44H,20-23H2,1-5H3. The molecule has 5 aromatic rings. The summed E-state index contributed by atoms with van der Waals surface area (Å²) in [6, 6.07) is 16.8. The van der Waals surface area contributed by atoms with E-state index < -0.39 is 17.6 Å². The first-order valence-corrected chi connectivity index (χ1v) is 15.6. The lowest BCUT2D eigenvalue weighted by Gasteiger charge is -2.25. The van der Waals surface area contributed by atoms with Gasteiger partial charge in [0, 0.05) is 49.1 Å². The monoisotopic (exact) mass is 678 g/mol. The van der Waals surface area contributed by atoms with Gasteiger partial charge in [0.05, 0.1) is 88.5 Å². The summed E-state index contributed by atoms with van der Waals surface area (Å²) in [5, 5.41) is 11.7. The number of phenolic OH excluding ortho intramolecular Hbond substituents is 1. The van der Waals surface area contributed by atoms with Crippen molar-refractivity contribution < 1.29 is 33.6 Å². The summed E-state index contributed by atoms with van der Waals surface area (Å²) in [4.78, 5) is 49.4. The van der Waals surface area contributed by atoms with Gasteiger partial charge in [0.1, 0.15) is 28.7 Å². The zero-order valence-electron chi connectivity index (χ0n) is 28.5. The normalized spacial score (nSPS) is 10.7. The van der Waals surface area contributed by atoms with E-state index in [1.807, 2.05) is 0 Å². The Morgan fingerprint density at radius 2 is 0.820 bits per heavy atom. The molecule has 4 heterocycles. The Balaban J connectivity index is 1.53. The molecule has 2 amide bonds. The number of aryl methyl sites for hydroxylation is 1. The van der Waals surface area contributed by atoms with Gasteiger partial charge in [-0.25, -0.2) is 0 Å². The number of rotatable bonds is 14. The number of pyridine rings is 4. The maximum atomic E-state index is 14.4. The molecule has 4 aromatic heterocycles. The molecular weight excluding hydrogens is 640 g/mol. The number of aromatic nitrogens is 4. The number of carbonyl (C=O) groups excluding carboxylic acids is 2. The van der Waals surface area contributed by atoms with Crippen molar-refractivity contribution in [2.24, 2.45) is 0 Å². The number of nitrogens with zero attached hydrogens (tertiary/aromatic N) is 6. The number of carbonyl (C=O) groups is 2. The second-order valence-electron chi connectivity index (χ2n) is 11.3. The van der Waals surface area contributed by atoms with Gasteiger partial charge < -0.3 is 33.9 Å². The van der Waals surface area contributed by atoms with Crippen molar-refractivity contribution >= 4 is 11.8 Å². The average molecular weight is 679 g/mol. The van der Waals surface area contributed by atoms with Crippen LogP contribution in [0.25, 0.3) is 0 Å². The maximum Gasteiger partial charge on any atom is 0.258 e. The Morgan fingerprint density at radius 3 is 1.08 bits per heavy atom. The van der Waals surface area contributed by atoms with E-state index in [4.69, 9.17) is 18.9 Å². The van der Waals surface area contributed by atoms with Gasteiger partial charge in [0.2, 0.25) is 0 Å². The van der Waals surface area contributed by atoms with E-state index in [0.717, 1.165) is 0 Å². The zero-order chi connectivity index (χ0) is 35.6. The van der Waals surface area contributed by atoms with E-state index in [1.165, 1.54) is 9.80 Å². The lowest BCUT2D eigenvalue weighted by molar-refractivity contribution is 0.0716. The van der Waals surface area contributed by atoms with Gasteiger partial charge in [-0.1, -0.05) is 0 Å². The Kier molecular flexibility index (Phi) is 11.4. The topological polar surface area (TPSA) is 149 Å². The van der Waals surface area contributed by atoms with Crippen molar-refractivity contribution in [2.75, 3.05) is 28.4 Å². The predicted molar refractivity (Wildman–Crippen MR) is 183 cm³/mol. The quantitative estimate of drug-likeness (QED) is 0.169. The largest absolute Gasteiger partial charge is 0.506 e. The number of aromatic hydroxyl groups is 1. The number of hydrogen-bond acceptors (Lipinski definition) is 11.